The van der Waals surface area contributed by atoms with E-state index in [1.54, 1.807) is 42.5 Å². The minimum absolute atomic E-state index is 0.126. The topological polar surface area (TPSA) is 144 Å². The molecule has 2 atom stereocenters. The van der Waals surface area contributed by atoms with E-state index in [0.717, 1.165) is 16.0 Å². The number of ether oxygens (including phenoxy) is 4. The molecule has 6 rings (SSSR count). The number of nitrogens with zero attached hydrogens (tertiary/aromatic N) is 2. The van der Waals surface area contributed by atoms with Gasteiger partial charge in [0.05, 0.1) is 43.1 Å². The van der Waals surface area contributed by atoms with Crippen molar-refractivity contribution in [3.8, 4) is 23.0 Å². The highest BCUT2D eigenvalue weighted by Crippen LogP contribution is 2.34. The van der Waals surface area contributed by atoms with Crippen LogP contribution < -0.4 is 24.3 Å². The number of carbonyl (C=O) groups excluding carboxylic acids is 4. The minimum Gasteiger partial charge on any atom is -0.493 e. The fraction of sp³-hybridized carbons (Fsp3) is 0.282. The molecule has 4 aromatic carbocycles. The van der Waals surface area contributed by atoms with Gasteiger partial charge in [-0.05, 0) is 76.3 Å². The third-order valence-electron chi connectivity index (χ3n) is 9.09. The minimum atomic E-state index is -1.22. The molecule has 0 saturated heterocycles. The van der Waals surface area contributed by atoms with Crippen LogP contribution in [0.3, 0.4) is 0 Å². The van der Waals surface area contributed by atoms with E-state index >= 15 is 0 Å². The summed E-state index contributed by atoms with van der Waals surface area (Å²) < 4.78 is 22.2. The van der Waals surface area contributed by atoms with Crippen LogP contribution in [0.25, 0.3) is 0 Å². The zero-order valence-corrected chi connectivity index (χ0v) is 30.3. The number of amides is 4. The summed E-state index contributed by atoms with van der Waals surface area (Å²) in [6.07, 6.45) is -0.704. The van der Waals surface area contributed by atoms with Crippen LogP contribution in [0, 0.1) is 0 Å². The maximum absolute atomic E-state index is 13.9. The number of hydrogen-bond donors (Lipinski definition) is 2. The number of fused-ring (bicyclic) bond motifs is 2. The van der Waals surface area contributed by atoms with Crippen molar-refractivity contribution in [3.05, 3.63) is 117 Å². The summed E-state index contributed by atoms with van der Waals surface area (Å²) in [7, 11) is 2.97. The van der Waals surface area contributed by atoms with E-state index in [-0.39, 0.29) is 50.7 Å². The van der Waals surface area contributed by atoms with Gasteiger partial charge in [0, 0.05) is 30.5 Å². The van der Waals surface area contributed by atoms with Gasteiger partial charge in [0.15, 0.2) is 23.0 Å². The van der Waals surface area contributed by atoms with Gasteiger partial charge in [0.2, 0.25) is 12.7 Å². The molecule has 0 aromatic heterocycles. The molecule has 2 aliphatic rings. The predicted octanol–water partition coefficient (Wildman–Crippen LogP) is 4.65. The lowest BCUT2D eigenvalue weighted by atomic mass is 9.99. The Kier molecular flexibility index (Phi) is 11.4. The number of methoxy groups -OCH3 is 2. The number of rotatable bonds is 15. The third kappa shape index (κ3) is 8.05. The summed E-state index contributed by atoms with van der Waals surface area (Å²) in [4.78, 5) is 56.3. The van der Waals surface area contributed by atoms with Crippen molar-refractivity contribution in [3.63, 3.8) is 0 Å². The van der Waals surface area contributed by atoms with Crippen LogP contribution in [0.15, 0.2) is 89.4 Å². The van der Waals surface area contributed by atoms with Crippen molar-refractivity contribution in [2.24, 2.45) is 0 Å². The third-order valence-corrected chi connectivity index (χ3v) is 9.75. The molecule has 4 aromatic rings. The fourth-order valence-corrected chi connectivity index (χ4v) is 6.77. The van der Waals surface area contributed by atoms with Gasteiger partial charge in [-0.3, -0.25) is 24.1 Å². The molecule has 12 nitrogen and oxygen atoms in total. The molecule has 270 valence electrons. The van der Waals surface area contributed by atoms with Crippen molar-refractivity contribution in [1.82, 2.24) is 15.1 Å². The molecule has 0 saturated carbocycles. The molecule has 52 heavy (non-hydrogen) atoms. The van der Waals surface area contributed by atoms with Crippen LogP contribution in [-0.4, -0.2) is 91.3 Å². The number of hydrogen-bond acceptors (Lipinski definition) is 9. The fourth-order valence-electron chi connectivity index (χ4n) is 6.26. The van der Waals surface area contributed by atoms with Crippen LogP contribution in [0.5, 0.6) is 23.0 Å². The zero-order valence-electron chi connectivity index (χ0n) is 28.7. The molecule has 0 aliphatic carbocycles. The van der Waals surface area contributed by atoms with E-state index in [2.05, 4.69) is 21.2 Å². The molecule has 2 aliphatic heterocycles. The second-order valence-corrected chi connectivity index (χ2v) is 13.2. The van der Waals surface area contributed by atoms with Gasteiger partial charge in [0.25, 0.3) is 17.7 Å². The normalized spacial score (nSPS) is 14.1. The Morgan fingerprint density at radius 2 is 1.54 bits per heavy atom. The highest BCUT2D eigenvalue weighted by molar-refractivity contribution is 9.10. The number of carbonyl (C=O) groups is 4. The first kappa shape index (κ1) is 36.4. The lowest BCUT2D eigenvalue weighted by Gasteiger charge is -2.31. The Bertz CT molecular complexity index is 1940. The largest absolute Gasteiger partial charge is 0.493 e. The van der Waals surface area contributed by atoms with Gasteiger partial charge in [-0.15, -0.1) is 0 Å². The second kappa shape index (κ2) is 16.3. The maximum atomic E-state index is 13.9. The molecule has 2 N–H and O–H groups in total. The van der Waals surface area contributed by atoms with E-state index in [4.69, 9.17) is 18.9 Å². The number of nitrogens with one attached hydrogen (secondary N) is 1. The molecule has 0 spiro atoms. The Balaban J connectivity index is 1.22. The van der Waals surface area contributed by atoms with E-state index in [0.29, 0.717) is 45.0 Å². The SMILES string of the molecule is COc1cc(Br)c(C(=O)NC(Cc2ccccc2)C(O)CN(CCc2ccc3c(c2)OCO3)C(=O)CCN2C(=O)c3ccccc3C2=O)cc1OC. The first-order valence-electron chi connectivity index (χ1n) is 16.7. The van der Waals surface area contributed by atoms with Gasteiger partial charge < -0.3 is 34.3 Å². The molecule has 13 heteroatoms. The van der Waals surface area contributed by atoms with Crippen molar-refractivity contribution >= 4 is 39.6 Å². The summed E-state index contributed by atoms with van der Waals surface area (Å²) in [6.45, 7) is 0.0579. The lowest BCUT2D eigenvalue weighted by molar-refractivity contribution is -0.133. The monoisotopic (exact) mass is 771 g/mol. The number of benzene rings is 4. The van der Waals surface area contributed by atoms with E-state index < -0.39 is 29.9 Å². The van der Waals surface area contributed by atoms with Crippen LogP contribution >= 0.6 is 15.9 Å². The highest BCUT2D eigenvalue weighted by atomic mass is 79.9. The van der Waals surface area contributed by atoms with Crippen molar-refractivity contribution in [2.75, 3.05) is 40.6 Å². The summed E-state index contributed by atoms with van der Waals surface area (Å²) in [5.41, 5.74) is 2.61. The summed E-state index contributed by atoms with van der Waals surface area (Å²) >= 11 is 3.45. The van der Waals surface area contributed by atoms with E-state index in [9.17, 15) is 24.3 Å². The van der Waals surface area contributed by atoms with Crippen LogP contribution in [0.1, 0.15) is 48.6 Å². The van der Waals surface area contributed by atoms with Gasteiger partial charge in [-0.25, -0.2) is 0 Å². The van der Waals surface area contributed by atoms with Crippen LogP contribution in [0.4, 0.5) is 0 Å². The van der Waals surface area contributed by atoms with Gasteiger partial charge in [-0.2, -0.15) is 0 Å². The van der Waals surface area contributed by atoms with Crippen molar-refractivity contribution in [1.29, 1.82) is 0 Å². The smallest absolute Gasteiger partial charge is 0.261 e. The number of aliphatic hydroxyl groups excluding tert-OH is 1. The Labute approximate surface area is 309 Å². The van der Waals surface area contributed by atoms with Crippen molar-refractivity contribution < 1.29 is 43.2 Å². The molecule has 0 bridgehead atoms. The molecule has 2 unspecified atom stereocenters. The number of aliphatic hydroxyl groups is 1. The number of halogens is 1. The number of imide groups is 1. The average molecular weight is 773 g/mol. The van der Waals surface area contributed by atoms with Crippen LogP contribution in [0.2, 0.25) is 0 Å². The standard InChI is InChI=1S/C39H38BrN3O9/c1-49-33-20-28(29(40)21-34(33)50-2)37(46)41-30(18-24-8-4-3-5-9-24)31(44)22-42(16-14-25-12-13-32-35(19-25)52-23-51-32)36(45)15-17-43-38(47)26-10-6-7-11-27(26)39(43)48/h3-13,19-21,30-31,44H,14-18,22-23H2,1-2H3,(H,41,46). The Morgan fingerprint density at radius 3 is 2.23 bits per heavy atom. The van der Waals surface area contributed by atoms with Gasteiger partial charge in [0.1, 0.15) is 0 Å². The molecule has 4 amide bonds. The predicted molar refractivity (Wildman–Crippen MR) is 194 cm³/mol. The molecular formula is C39H38BrN3O9. The van der Waals surface area contributed by atoms with E-state index in [1.165, 1.54) is 19.1 Å². The molecule has 0 fully saturated rings. The maximum Gasteiger partial charge on any atom is 0.261 e. The molecular weight excluding hydrogens is 734 g/mol. The zero-order chi connectivity index (χ0) is 36.8. The summed E-state index contributed by atoms with van der Waals surface area (Å²) in [5.74, 6) is 0.278. The molecule has 0 radical (unpaired) electrons. The Hall–Kier alpha value is -5.40. The Morgan fingerprint density at radius 1 is 0.885 bits per heavy atom. The van der Waals surface area contributed by atoms with Gasteiger partial charge >= 0.3 is 0 Å². The van der Waals surface area contributed by atoms with E-state index in [1.807, 2.05) is 42.5 Å². The lowest BCUT2D eigenvalue weighted by Crippen LogP contribution is -2.51. The second-order valence-electron chi connectivity index (χ2n) is 12.4. The average Bonchev–Trinajstić information content (AvgIpc) is 3.73. The highest BCUT2D eigenvalue weighted by Gasteiger charge is 2.36. The summed E-state index contributed by atoms with van der Waals surface area (Å²) in [5, 5.41) is 14.8. The first-order chi connectivity index (χ1) is 25.2. The van der Waals surface area contributed by atoms with Crippen molar-refractivity contribution in [2.45, 2.75) is 31.4 Å². The van der Waals surface area contributed by atoms with Crippen LogP contribution in [-0.2, 0) is 17.6 Å². The first-order valence-corrected chi connectivity index (χ1v) is 17.5. The van der Waals surface area contributed by atoms with Gasteiger partial charge in [-0.1, -0.05) is 48.5 Å². The quantitative estimate of drug-likeness (QED) is 0.165. The summed E-state index contributed by atoms with van der Waals surface area (Å²) in [6, 6.07) is 23.8. The molecule has 2 heterocycles.